The molecule has 0 radical (unpaired) electrons. The van der Waals surface area contributed by atoms with Crippen molar-refractivity contribution in [2.45, 2.75) is 52.6 Å². The Morgan fingerprint density at radius 3 is 2.21 bits per heavy atom. The Bertz CT molecular complexity index is 202. The highest BCUT2D eigenvalue weighted by Gasteiger charge is 2.19. The molecule has 0 aromatic carbocycles. The number of ether oxygens (including phenoxy) is 1. The Morgan fingerprint density at radius 1 is 1.36 bits per heavy atom. The van der Waals surface area contributed by atoms with E-state index >= 15 is 0 Å². The minimum absolute atomic E-state index is 0.0270. The zero-order valence-electron chi connectivity index (χ0n) is 9.25. The van der Waals surface area contributed by atoms with Gasteiger partial charge >= 0.3 is 5.97 Å². The topological polar surface area (TPSA) is 50.1 Å². The molecule has 0 bridgehead atoms. The summed E-state index contributed by atoms with van der Waals surface area (Å²) < 4.78 is 4.97. The molecule has 1 unspecified atom stereocenters. The number of carbonyl (C=O) groups excluding carboxylic acids is 1. The van der Waals surface area contributed by atoms with Gasteiger partial charge in [0.25, 0.3) is 0 Å². The van der Waals surface area contributed by atoms with Gasteiger partial charge in [-0.05, 0) is 19.8 Å². The van der Waals surface area contributed by atoms with Crippen molar-refractivity contribution in [3.63, 3.8) is 0 Å². The quantitative estimate of drug-likeness (QED) is 0.615. The van der Waals surface area contributed by atoms with E-state index in [1.165, 1.54) is 0 Å². The molecule has 0 aliphatic carbocycles. The summed E-state index contributed by atoms with van der Waals surface area (Å²) >= 11 is 0. The third-order valence-electron chi connectivity index (χ3n) is 2.08. The molecule has 0 saturated carbocycles. The predicted molar refractivity (Wildman–Crippen MR) is 54.5 cm³/mol. The second-order valence-corrected chi connectivity index (χ2v) is 3.48. The monoisotopic (exact) mass is 197 g/mol. The van der Waals surface area contributed by atoms with Crippen LogP contribution in [0.2, 0.25) is 0 Å². The molecule has 80 valence electrons. The first-order valence-electron chi connectivity index (χ1n) is 5.25. The van der Waals surface area contributed by atoms with Crippen LogP contribution in [-0.2, 0) is 9.53 Å². The van der Waals surface area contributed by atoms with Gasteiger partial charge in [-0.1, -0.05) is 26.7 Å². The van der Waals surface area contributed by atoms with E-state index in [0.29, 0.717) is 0 Å². The summed E-state index contributed by atoms with van der Waals surface area (Å²) in [5.41, 5.74) is 0. The Morgan fingerprint density at radius 2 is 1.86 bits per heavy atom. The molecular weight excluding hydrogens is 178 g/mol. The van der Waals surface area contributed by atoms with Crippen LogP contribution in [0.5, 0.6) is 0 Å². The Hall–Kier alpha value is -1.04. The summed E-state index contributed by atoms with van der Waals surface area (Å²) in [7, 11) is 0. The molecule has 14 heavy (non-hydrogen) atoms. The molecule has 0 saturated heterocycles. The molecule has 3 heteroatoms. The number of hydrogen-bond donors (Lipinski definition) is 0. The van der Waals surface area contributed by atoms with Crippen molar-refractivity contribution in [3.8, 4) is 6.07 Å². The van der Waals surface area contributed by atoms with Crippen LogP contribution in [0.1, 0.15) is 46.5 Å². The van der Waals surface area contributed by atoms with Gasteiger partial charge in [-0.3, -0.25) is 4.79 Å². The summed E-state index contributed by atoms with van der Waals surface area (Å²) in [6.07, 6.45) is 3.02. The lowest BCUT2D eigenvalue weighted by molar-refractivity contribution is -0.151. The van der Waals surface area contributed by atoms with Crippen molar-refractivity contribution in [2.24, 2.45) is 5.92 Å². The van der Waals surface area contributed by atoms with Gasteiger partial charge in [0.05, 0.1) is 5.92 Å². The number of hydrogen-bond acceptors (Lipinski definition) is 3. The zero-order chi connectivity index (χ0) is 11.0. The Labute approximate surface area is 86.1 Å². The fraction of sp³-hybridized carbons (Fsp3) is 0.818. The van der Waals surface area contributed by atoms with Crippen LogP contribution in [0.3, 0.4) is 0 Å². The molecule has 0 aromatic heterocycles. The van der Waals surface area contributed by atoms with Crippen molar-refractivity contribution >= 4 is 5.97 Å². The van der Waals surface area contributed by atoms with Crippen molar-refractivity contribution in [1.82, 2.24) is 0 Å². The van der Waals surface area contributed by atoms with E-state index in [4.69, 9.17) is 10.00 Å². The summed E-state index contributed by atoms with van der Waals surface area (Å²) in [5.74, 6) is -0.247. The van der Waals surface area contributed by atoms with Gasteiger partial charge in [-0.25, -0.2) is 0 Å². The molecule has 0 spiro atoms. The third kappa shape index (κ3) is 4.86. The maximum atomic E-state index is 11.5. The second kappa shape index (κ2) is 7.37. The lowest BCUT2D eigenvalue weighted by Crippen LogP contribution is -2.21. The van der Waals surface area contributed by atoms with Crippen LogP contribution >= 0.6 is 0 Å². The van der Waals surface area contributed by atoms with Gasteiger partial charge in [-0.15, -0.1) is 0 Å². The summed E-state index contributed by atoms with van der Waals surface area (Å²) in [6.45, 7) is 5.68. The molecule has 0 N–H and O–H groups in total. The first-order valence-corrected chi connectivity index (χ1v) is 5.25. The third-order valence-corrected chi connectivity index (χ3v) is 2.08. The summed E-state index contributed by atoms with van der Waals surface area (Å²) in [4.78, 5) is 11.5. The number of nitriles is 1. The fourth-order valence-electron chi connectivity index (χ4n) is 1.37. The number of rotatable bonds is 6. The number of esters is 1. The van der Waals surface area contributed by atoms with Gasteiger partial charge in [0.2, 0.25) is 0 Å². The van der Waals surface area contributed by atoms with Gasteiger partial charge in [0.1, 0.15) is 6.07 Å². The van der Waals surface area contributed by atoms with Crippen LogP contribution in [0.4, 0.5) is 0 Å². The van der Waals surface area contributed by atoms with Crippen LogP contribution in [0.15, 0.2) is 0 Å². The van der Waals surface area contributed by atoms with E-state index in [0.717, 1.165) is 25.7 Å². The van der Waals surface area contributed by atoms with Crippen molar-refractivity contribution in [1.29, 1.82) is 5.26 Å². The lowest BCUT2D eigenvalue weighted by atomic mass is 9.98. The highest BCUT2D eigenvalue weighted by molar-refractivity contribution is 5.72. The Kier molecular flexibility index (Phi) is 6.82. The van der Waals surface area contributed by atoms with Gasteiger partial charge in [0, 0.05) is 0 Å². The second-order valence-electron chi connectivity index (χ2n) is 3.48. The van der Waals surface area contributed by atoms with Gasteiger partial charge in [-0.2, -0.15) is 5.26 Å². The van der Waals surface area contributed by atoms with Crippen LogP contribution in [-0.4, -0.2) is 12.1 Å². The average Bonchev–Trinajstić information content (AvgIpc) is 2.17. The van der Waals surface area contributed by atoms with Gasteiger partial charge in [0.15, 0.2) is 6.10 Å². The lowest BCUT2D eigenvalue weighted by Gasteiger charge is -2.15. The Balaban J connectivity index is 4.08. The van der Waals surface area contributed by atoms with E-state index in [-0.39, 0.29) is 11.9 Å². The van der Waals surface area contributed by atoms with E-state index in [1.807, 2.05) is 19.9 Å². The van der Waals surface area contributed by atoms with E-state index in [2.05, 4.69) is 0 Å². The SMILES string of the molecule is CCCC(CCC)C(=O)OC(C)C#N. The molecule has 0 aromatic rings. The highest BCUT2D eigenvalue weighted by Crippen LogP contribution is 2.15. The normalized spacial score (nSPS) is 12.2. The average molecular weight is 197 g/mol. The molecule has 0 amide bonds. The number of carbonyl (C=O) groups is 1. The molecule has 1 atom stereocenters. The summed E-state index contributed by atoms with van der Waals surface area (Å²) in [5, 5.41) is 8.50. The minimum Gasteiger partial charge on any atom is -0.447 e. The molecule has 0 fully saturated rings. The minimum atomic E-state index is -0.626. The highest BCUT2D eigenvalue weighted by atomic mass is 16.5. The maximum Gasteiger partial charge on any atom is 0.310 e. The first-order chi connectivity index (χ1) is 6.65. The molecular formula is C11H19NO2. The van der Waals surface area contributed by atoms with Crippen molar-refractivity contribution in [3.05, 3.63) is 0 Å². The van der Waals surface area contributed by atoms with Crippen LogP contribution < -0.4 is 0 Å². The largest absolute Gasteiger partial charge is 0.447 e. The number of nitrogens with zero attached hydrogens (tertiary/aromatic N) is 1. The molecule has 0 rings (SSSR count). The van der Waals surface area contributed by atoms with E-state index < -0.39 is 6.10 Å². The molecule has 0 aliphatic rings. The molecule has 3 nitrogen and oxygen atoms in total. The standard InChI is InChI=1S/C11H19NO2/c1-4-6-10(7-5-2)11(13)14-9(3)8-12/h9-10H,4-7H2,1-3H3. The van der Waals surface area contributed by atoms with Crippen molar-refractivity contribution < 1.29 is 9.53 Å². The van der Waals surface area contributed by atoms with Crippen LogP contribution in [0.25, 0.3) is 0 Å². The molecule has 0 heterocycles. The van der Waals surface area contributed by atoms with E-state index in [9.17, 15) is 4.79 Å². The first kappa shape index (κ1) is 13.0. The van der Waals surface area contributed by atoms with Crippen LogP contribution in [0, 0.1) is 17.2 Å². The molecule has 0 aliphatic heterocycles. The van der Waals surface area contributed by atoms with Gasteiger partial charge < -0.3 is 4.74 Å². The predicted octanol–water partition coefficient (Wildman–Crippen LogP) is 2.66. The zero-order valence-corrected chi connectivity index (χ0v) is 9.25. The fourth-order valence-corrected chi connectivity index (χ4v) is 1.37. The van der Waals surface area contributed by atoms with Crippen molar-refractivity contribution in [2.75, 3.05) is 0 Å². The van der Waals surface area contributed by atoms with E-state index in [1.54, 1.807) is 6.92 Å². The smallest absolute Gasteiger partial charge is 0.310 e. The maximum absolute atomic E-state index is 11.5. The summed E-state index contributed by atoms with van der Waals surface area (Å²) in [6, 6.07) is 1.89.